The zero-order valence-corrected chi connectivity index (χ0v) is 23.4. The highest BCUT2D eigenvalue weighted by molar-refractivity contribution is 5.94. The molecule has 0 aliphatic carbocycles. The van der Waals surface area contributed by atoms with Crippen molar-refractivity contribution in [3.8, 4) is 0 Å². The van der Waals surface area contributed by atoms with Gasteiger partial charge in [-0.15, -0.1) is 0 Å². The third kappa shape index (κ3) is 7.39. The van der Waals surface area contributed by atoms with Crippen LogP contribution in [0, 0.1) is 0 Å². The molecule has 0 unspecified atom stereocenters. The SMILES string of the molecule is COCCCN(CC(=O)N(CCc1c[nH]c2ccccc12)Cc1ccc(C(C)(C)C)cc1)C(=O)c1ccco1. The predicted octanol–water partition coefficient (Wildman–Crippen LogP) is 5.81. The van der Waals surface area contributed by atoms with E-state index in [9.17, 15) is 9.59 Å². The van der Waals surface area contributed by atoms with Gasteiger partial charge < -0.3 is 23.9 Å². The number of aromatic nitrogens is 1. The van der Waals surface area contributed by atoms with Crippen molar-refractivity contribution in [3.63, 3.8) is 0 Å². The van der Waals surface area contributed by atoms with Crippen LogP contribution in [0.15, 0.2) is 77.5 Å². The van der Waals surface area contributed by atoms with Crippen LogP contribution in [0.5, 0.6) is 0 Å². The fourth-order valence-corrected chi connectivity index (χ4v) is 4.69. The predicted molar refractivity (Wildman–Crippen MR) is 154 cm³/mol. The van der Waals surface area contributed by atoms with E-state index in [1.54, 1.807) is 24.1 Å². The Kier molecular flexibility index (Phi) is 9.25. The van der Waals surface area contributed by atoms with Crippen LogP contribution in [-0.2, 0) is 27.9 Å². The van der Waals surface area contributed by atoms with Crippen molar-refractivity contribution in [2.24, 2.45) is 0 Å². The average molecular weight is 530 g/mol. The van der Waals surface area contributed by atoms with Gasteiger partial charge >= 0.3 is 0 Å². The number of fused-ring (bicyclic) bond motifs is 1. The normalized spacial score (nSPS) is 11.6. The number of ether oxygens (including phenoxy) is 1. The summed E-state index contributed by atoms with van der Waals surface area (Å²) in [6.45, 7) is 8.43. The number of nitrogens with zero attached hydrogens (tertiary/aromatic N) is 2. The Morgan fingerprint density at radius 1 is 0.949 bits per heavy atom. The minimum Gasteiger partial charge on any atom is -0.459 e. The molecule has 2 aromatic carbocycles. The number of nitrogens with one attached hydrogen (secondary N) is 1. The molecule has 0 spiro atoms. The third-order valence-corrected chi connectivity index (χ3v) is 6.99. The molecule has 0 aliphatic rings. The van der Waals surface area contributed by atoms with Gasteiger partial charge in [-0.05, 0) is 53.1 Å². The monoisotopic (exact) mass is 529 g/mol. The summed E-state index contributed by atoms with van der Waals surface area (Å²) in [6.07, 6.45) is 4.81. The lowest BCUT2D eigenvalue weighted by Gasteiger charge is -2.28. The van der Waals surface area contributed by atoms with Gasteiger partial charge in [0.25, 0.3) is 5.91 Å². The van der Waals surface area contributed by atoms with Gasteiger partial charge in [-0.25, -0.2) is 0 Å². The second-order valence-corrected chi connectivity index (χ2v) is 10.9. The molecule has 2 amide bonds. The highest BCUT2D eigenvalue weighted by Gasteiger charge is 2.24. The fourth-order valence-electron chi connectivity index (χ4n) is 4.69. The molecule has 7 nitrogen and oxygen atoms in total. The number of methoxy groups -OCH3 is 1. The topological polar surface area (TPSA) is 78.8 Å². The smallest absolute Gasteiger partial charge is 0.290 e. The first-order valence-corrected chi connectivity index (χ1v) is 13.5. The Balaban J connectivity index is 1.54. The van der Waals surface area contributed by atoms with E-state index in [-0.39, 0.29) is 29.5 Å². The summed E-state index contributed by atoms with van der Waals surface area (Å²) in [5.74, 6) is -0.175. The second-order valence-electron chi connectivity index (χ2n) is 10.9. The molecule has 0 radical (unpaired) electrons. The van der Waals surface area contributed by atoms with Crippen LogP contribution in [0.25, 0.3) is 10.9 Å². The number of rotatable bonds is 12. The molecule has 0 atom stereocenters. The Hall–Kier alpha value is -3.84. The molecule has 4 aromatic rings. The van der Waals surface area contributed by atoms with Gasteiger partial charge in [0.1, 0.15) is 6.54 Å². The molecule has 4 rings (SSSR count). The summed E-state index contributed by atoms with van der Waals surface area (Å²) in [4.78, 5) is 33.7. The Bertz CT molecular complexity index is 1350. The molecule has 0 saturated carbocycles. The molecule has 0 fully saturated rings. The molecule has 0 bridgehead atoms. The molecule has 206 valence electrons. The standard InChI is InChI=1S/C32H39N3O4/c1-32(2,3)26-14-12-24(13-15-26)22-34(18-16-25-21-33-28-10-6-5-9-27(25)28)30(36)23-35(17-8-19-38-4)31(37)29-11-7-20-39-29/h5-7,9-15,20-21,33H,8,16-19,22-23H2,1-4H3. The number of H-pyrrole nitrogens is 1. The number of para-hydroxylation sites is 1. The Morgan fingerprint density at radius 2 is 1.72 bits per heavy atom. The van der Waals surface area contributed by atoms with Crippen LogP contribution >= 0.6 is 0 Å². The lowest BCUT2D eigenvalue weighted by molar-refractivity contribution is -0.132. The molecule has 39 heavy (non-hydrogen) atoms. The van der Waals surface area contributed by atoms with Crippen molar-refractivity contribution in [3.05, 3.63) is 95.6 Å². The first-order chi connectivity index (χ1) is 18.8. The number of aromatic amines is 1. The number of amides is 2. The number of hydrogen-bond acceptors (Lipinski definition) is 4. The zero-order valence-electron chi connectivity index (χ0n) is 23.4. The number of hydrogen-bond donors (Lipinski definition) is 1. The van der Waals surface area contributed by atoms with Crippen LogP contribution in [0.1, 0.15) is 54.4 Å². The van der Waals surface area contributed by atoms with Crippen LogP contribution in [0.2, 0.25) is 0 Å². The highest BCUT2D eigenvalue weighted by Crippen LogP contribution is 2.23. The maximum Gasteiger partial charge on any atom is 0.290 e. The molecular weight excluding hydrogens is 490 g/mol. The van der Waals surface area contributed by atoms with E-state index in [0.717, 1.165) is 22.0 Å². The summed E-state index contributed by atoms with van der Waals surface area (Å²) < 4.78 is 10.5. The van der Waals surface area contributed by atoms with Gasteiger partial charge in [0.2, 0.25) is 5.91 Å². The molecule has 0 aliphatic heterocycles. The van der Waals surface area contributed by atoms with Crippen LogP contribution in [0.3, 0.4) is 0 Å². The van der Waals surface area contributed by atoms with E-state index in [1.807, 2.05) is 23.2 Å². The van der Waals surface area contributed by atoms with E-state index in [1.165, 1.54) is 11.8 Å². The highest BCUT2D eigenvalue weighted by atomic mass is 16.5. The second kappa shape index (κ2) is 12.8. The van der Waals surface area contributed by atoms with Gasteiger partial charge in [0.05, 0.1) is 6.26 Å². The lowest BCUT2D eigenvalue weighted by Crippen LogP contribution is -2.44. The molecular formula is C32H39N3O4. The van der Waals surface area contributed by atoms with Crippen molar-refractivity contribution in [2.45, 2.75) is 45.6 Å². The van der Waals surface area contributed by atoms with Crippen molar-refractivity contribution >= 4 is 22.7 Å². The molecule has 1 N–H and O–H groups in total. The van der Waals surface area contributed by atoms with Gasteiger partial charge in [0, 0.05) is 50.5 Å². The summed E-state index contributed by atoms with van der Waals surface area (Å²) >= 11 is 0. The zero-order chi connectivity index (χ0) is 27.8. The summed E-state index contributed by atoms with van der Waals surface area (Å²) in [6, 6.07) is 19.9. The minimum absolute atomic E-state index is 0.0305. The van der Waals surface area contributed by atoms with E-state index < -0.39 is 0 Å². The van der Waals surface area contributed by atoms with Crippen molar-refractivity contribution in [2.75, 3.05) is 33.4 Å². The van der Waals surface area contributed by atoms with Gasteiger partial charge in [-0.1, -0.05) is 63.2 Å². The van der Waals surface area contributed by atoms with Gasteiger partial charge in [-0.2, -0.15) is 0 Å². The maximum atomic E-state index is 13.8. The molecule has 2 aromatic heterocycles. The summed E-state index contributed by atoms with van der Waals surface area (Å²) in [5.41, 5.74) is 4.60. The van der Waals surface area contributed by atoms with Crippen LogP contribution < -0.4 is 0 Å². The third-order valence-electron chi connectivity index (χ3n) is 6.99. The Labute approximate surface area is 230 Å². The van der Waals surface area contributed by atoms with Gasteiger partial charge in [0.15, 0.2) is 5.76 Å². The Morgan fingerprint density at radius 3 is 2.41 bits per heavy atom. The number of furan rings is 1. The molecule has 0 saturated heterocycles. The van der Waals surface area contributed by atoms with Crippen LogP contribution in [-0.4, -0.2) is 59.9 Å². The first-order valence-electron chi connectivity index (χ1n) is 13.5. The summed E-state index contributed by atoms with van der Waals surface area (Å²) in [5, 5.41) is 1.16. The maximum absolute atomic E-state index is 13.8. The molecule has 2 heterocycles. The quantitative estimate of drug-likeness (QED) is 0.235. The van der Waals surface area contributed by atoms with Gasteiger partial charge in [-0.3, -0.25) is 9.59 Å². The van der Waals surface area contributed by atoms with Crippen LogP contribution in [0.4, 0.5) is 0 Å². The van der Waals surface area contributed by atoms with Crippen molar-refractivity contribution in [1.29, 1.82) is 0 Å². The average Bonchev–Trinajstić information content (AvgIpc) is 3.60. The van der Waals surface area contributed by atoms with E-state index >= 15 is 0 Å². The molecule has 7 heteroatoms. The number of carbonyl (C=O) groups is 2. The number of benzene rings is 2. The van der Waals surface area contributed by atoms with Crippen molar-refractivity contribution in [1.82, 2.24) is 14.8 Å². The van der Waals surface area contributed by atoms with E-state index in [0.29, 0.717) is 39.1 Å². The number of carbonyl (C=O) groups excluding carboxylic acids is 2. The van der Waals surface area contributed by atoms with E-state index in [2.05, 4.69) is 62.2 Å². The van der Waals surface area contributed by atoms with Crippen molar-refractivity contribution < 1.29 is 18.7 Å². The summed E-state index contributed by atoms with van der Waals surface area (Å²) in [7, 11) is 1.63. The first kappa shape index (κ1) is 28.2. The fraction of sp³-hybridized carbons (Fsp3) is 0.375. The minimum atomic E-state index is -0.296. The van der Waals surface area contributed by atoms with E-state index in [4.69, 9.17) is 9.15 Å². The lowest BCUT2D eigenvalue weighted by atomic mass is 9.87. The largest absolute Gasteiger partial charge is 0.459 e.